The Labute approximate surface area is 185 Å². The molecule has 1 saturated heterocycles. The second-order valence-corrected chi connectivity index (χ2v) is 9.16. The molecule has 1 amide bonds. The average Bonchev–Trinajstić information content (AvgIpc) is 3.25. The lowest BCUT2D eigenvalue weighted by Gasteiger charge is -2.33. The van der Waals surface area contributed by atoms with Gasteiger partial charge in [-0.05, 0) is 23.3 Å². The minimum absolute atomic E-state index is 0.0348. The van der Waals surface area contributed by atoms with E-state index in [9.17, 15) is 4.79 Å². The summed E-state index contributed by atoms with van der Waals surface area (Å²) >= 11 is 7.02. The van der Waals surface area contributed by atoms with Crippen molar-refractivity contribution in [1.29, 1.82) is 0 Å². The number of thioether (sulfide) groups is 1. The number of nitrogens with zero attached hydrogens (tertiary/aromatic N) is 3. The van der Waals surface area contributed by atoms with E-state index >= 15 is 0 Å². The standard InChI is InChI=1S/C24H19N3OS2/c1-26-22(28)24(30-23(26)29)20(17-11-5-2-6-12-17)25-27(19-15-9-4-10-16-19)21(24)18-13-7-3-8-14-18/h2-16,21H,1H3. The number of anilines is 1. The van der Waals surface area contributed by atoms with Gasteiger partial charge in [0.25, 0.3) is 5.91 Å². The molecule has 4 nitrogen and oxygen atoms in total. The minimum atomic E-state index is -0.954. The molecule has 0 aliphatic carbocycles. The molecule has 2 heterocycles. The van der Waals surface area contributed by atoms with Gasteiger partial charge in [-0.15, -0.1) is 0 Å². The normalized spacial score (nSPS) is 23.4. The molecule has 2 aliphatic heterocycles. The third kappa shape index (κ3) is 2.79. The van der Waals surface area contributed by atoms with Crippen LogP contribution in [0.1, 0.15) is 17.2 Å². The maximum absolute atomic E-state index is 13.8. The largest absolute Gasteiger partial charge is 0.299 e. The summed E-state index contributed by atoms with van der Waals surface area (Å²) < 4.78 is -0.385. The number of thiocarbonyl (C=S) groups is 1. The molecule has 148 valence electrons. The van der Waals surface area contributed by atoms with E-state index in [4.69, 9.17) is 17.3 Å². The number of rotatable bonds is 3. The summed E-state index contributed by atoms with van der Waals surface area (Å²) in [5.74, 6) is -0.0348. The molecule has 6 heteroatoms. The Hall–Kier alpha value is -2.96. The third-order valence-corrected chi connectivity index (χ3v) is 7.40. The summed E-state index contributed by atoms with van der Waals surface area (Å²) in [5, 5.41) is 7.04. The molecule has 0 saturated carbocycles. The van der Waals surface area contributed by atoms with Crippen molar-refractivity contribution in [1.82, 2.24) is 4.90 Å². The molecule has 2 aliphatic rings. The lowest BCUT2D eigenvalue weighted by molar-refractivity contribution is -0.126. The first-order chi connectivity index (χ1) is 14.6. The van der Waals surface area contributed by atoms with Crippen LogP contribution >= 0.6 is 24.0 Å². The van der Waals surface area contributed by atoms with E-state index in [0.29, 0.717) is 4.32 Å². The van der Waals surface area contributed by atoms with Gasteiger partial charge in [-0.3, -0.25) is 14.7 Å². The molecular weight excluding hydrogens is 410 g/mol. The van der Waals surface area contributed by atoms with Crippen LogP contribution in [0.3, 0.4) is 0 Å². The molecule has 30 heavy (non-hydrogen) atoms. The SMILES string of the molecule is CN1C(=O)C2(SC1=S)C(c1ccccc1)=NN(c1ccccc1)C2c1ccccc1. The Balaban J connectivity index is 1.79. The predicted molar refractivity (Wildman–Crippen MR) is 127 cm³/mol. The minimum Gasteiger partial charge on any atom is -0.299 e. The summed E-state index contributed by atoms with van der Waals surface area (Å²) in [6.07, 6.45) is 0. The number of amides is 1. The molecule has 0 radical (unpaired) electrons. The summed E-state index contributed by atoms with van der Waals surface area (Å²) in [6, 6.07) is 29.7. The average molecular weight is 430 g/mol. The van der Waals surface area contributed by atoms with E-state index in [1.807, 2.05) is 83.9 Å². The zero-order valence-electron chi connectivity index (χ0n) is 16.3. The Morgan fingerprint density at radius 3 is 2.03 bits per heavy atom. The summed E-state index contributed by atoms with van der Waals surface area (Å²) in [5.41, 5.74) is 3.62. The Morgan fingerprint density at radius 2 is 1.47 bits per heavy atom. The second-order valence-electron chi connectivity index (χ2n) is 7.28. The number of carbonyl (C=O) groups is 1. The monoisotopic (exact) mass is 429 g/mol. The van der Waals surface area contributed by atoms with Crippen LogP contribution in [0.15, 0.2) is 96.1 Å². The van der Waals surface area contributed by atoms with Crippen LogP contribution in [0.4, 0.5) is 5.69 Å². The fourth-order valence-corrected chi connectivity index (χ4v) is 5.91. The fraction of sp³-hybridized carbons (Fsp3) is 0.125. The van der Waals surface area contributed by atoms with E-state index in [1.54, 1.807) is 11.9 Å². The summed E-state index contributed by atoms with van der Waals surface area (Å²) in [7, 11) is 1.75. The quantitative estimate of drug-likeness (QED) is 0.556. The van der Waals surface area contributed by atoms with Crippen molar-refractivity contribution in [3.05, 3.63) is 102 Å². The highest BCUT2D eigenvalue weighted by Crippen LogP contribution is 2.55. The molecule has 2 unspecified atom stereocenters. The van der Waals surface area contributed by atoms with Crippen LogP contribution in [0.25, 0.3) is 0 Å². The van der Waals surface area contributed by atoms with E-state index in [-0.39, 0.29) is 11.9 Å². The van der Waals surface area contributed by atoms with Crippen LogP contribution in [0.2, 0.25) is 0 Å². The lowest BCUT2D eigenvalue weighted by Crippen LogP contribution is -2.49. The van der Waals surface area contributed by atoms with Gasteiger partial charge in [0, 0.05) is 7.05 Å². The van der Waals surface area contributed by atoms with E-state index in [0.717, 1.165) is 22.5 Å². The molecule has 5 rings (SSSR count). The predicted octanol–water partition coefficient (Wildman–Crippen LogP) is 4.88. The molecular formula is C24H19N3OS2. The maximum atomic E-state index is 13.8. The van der Waals surface area contributed by atoms with Crippen molar-refractivity contribution >= 4 is 45.6 Å². The van der Waals surface area contributed by atoms with Gasteiger partial charge in [0.15, 0.2) is 4.75 Å². The second kappa shape index (κ2) is 7.38. The van der Waals surface area contributed by atoms with Crippen molar-refractivity contribution < 1.29 is 4.79 Å². The number of hydrazone groups is 1. The molecule has 0 aromatic heterocycles. The van der Waals surface area contributed by atoms with Gasteiger partial charge in [0.05, 0.1) is 11.4 Å². The number of benzene rings is 3. The molecule has 1 fully saturated rings. The van der Waals surface area contributed by atoms with Crippen molar-refractivity contribution in [3.8, 4) is 0 Å². The van der Waals surface area contributed by atoms with Gasteiger partial charge in [0.1, 0.15) is 10.4 Å². The zero-order valence-corrected chi connectivity index (χ0v) is 17.9. The number of carbonyl (C=O) groups excluding carboxylic acids is 1. The van der Waals surface area contributed by atoms with Crippen molar-refractivity contribution in [3.63, 3.8) is 0 Å². The first-order valence-electron chi connectivity index (χ1n) is 9.68. The van der Waals surface area contributed by atoms with Crippen molar-refractivity contribution in [2.75, 3.05) is 12.1 Å². The molecule has 3 aromatic rings. The zero-order chi connectivity index (χ0) is 20.7. The Morgan fingerprint density at radius 1 is 0.900 bits per heavy atom. The van der Waals surface area contributed by atoms with Crippen LogP contribution in [0, 0.1) is 0 Å². The number of para-hydroxylation sites is 1. The molecule has 1 spiro atoms. The summed E-state index contributed by atoms with van der Waals surface area (Å²) in [4.78, 5) is 15.4. The topological polar surface area (TPSA) is 35.9 Å². The van der Waals surface area contributed by atoms with E-state index in [1.165, 1.54) is 11.8 Å². The van der Waals surface area contributed by atoms with Crippen molar-refractivity contribution in [2.24, 2.45) is 5.10 Å². The maximum Gasteiger partial charge on any atom is 0.253 e. The number of hydrogen-bond acceptors (Lipinski definition) is 5. The van der Waals surface area contributed by atoms with Crippen LogP contribution < -0.4 is 5.01 Å². The van der Waals surface area contributed by atoms with Gasteiger partial charge in [-0.2, -0.15) is 5.10 Å². The van der Waals surface area contributed by atoms with Gasteiger partial charge in [-0.25, -0.2) is 0 Å². The van der Waals surface area contributed by atoms with Gasteiger partial charge in [0.2, 0.25) is 0 Å². The Kier molecular flexibility index (Phi) is 4.68. The van der Waals surface area contributed by atoms with Crippen LogP contribution in [-0.4, -0.2) is 32.6 Å². The van der Waals surface area contributed by atoms with Gasteiger partial charge >= 0.3 is 0 Å². The smallest absolute Gasteiger partial charge is 0.253 e. The molecule has 3 aromatic carbocycles. The molecule has 0 bridgehead atoms. The highest BCUT2D eigenvalue weighted by Gasteiger charge is 2.64. The third-order valence-electron chi connectivity index (χ3n) is 5.52. The molecule has 2 atom stereocenters. The number of hydrogen-bond donors (Lipinski definition) is 0. The molecule has 0 N–H and O–H groups in total. The van der Waals surface area contributed by atoms with Gasteiger partial charge in [-0.1, -0.05) is 103 Å². The van der Waals surface area contributed by atoms with Crippen LogP contribution in [-0.2, 0) is 4.79 Å². The first-order valence-corrected chi connectivity index (χ1v) is 10.9. The fourth-order valence-electron chi connectivity index (χ4n) is 4.11. The van der Waals surface area contributed by atoms with Crippen LogP contribution in [0.5, 0.6) is 0 Å². The van der Waals surface area contributed by atoms with Crippen molar-refractivity contribution in [2.45, 2.75) is 10.8 Å². The lowest BCUT2D eigenvalue weighted by atomic mass is 9.85. The van der Waals surface area contributed by atoms with E-state index < -0.39 is 4.75 Å². The summed E-state index contributed by atoms with van der Waals surface area (Å²) in [6.45, 7) is 0. The Bertz CT molecular complexity index is 1130. The first kappa shape index (κ1) is 19.0. The van der Waals surface area contributed by atoms with E-state index in [2.05, 4.69) is 12.1 Å². The highest BCUT2D eigenvalue weighted by molar-refractivity contribution is 8.25. The van der Waals surface area contributed by atoms with Gasteiger partial charge < -0.3 is 0 Å². The highest BCUT2D eigenvalue weighted by atomic mass is 32.2.